The van der Waals surface area contributed by atoms with Gasteiger partial charge in [-0.05, 0) is 44.0 Å². The van der Waals surface area contributed by atoms with E-state index in [1.54, 1.807) is 0 Å². The molecule has 0 aliphatic carbocycles. The fourth-order valence-electron chi connectivity index (χ4n) is 3.02. The average molecular weight is 443 g/mol. The second-order valence-electron chi connectivity index (χ2n) is 8.12. The highest BCUT2D eigenvalue weighted by Crippen LogP contribution is 2.39. The van der Waals surface area contributed by atoms with Crippen LogP contribution in [0.25, 0.3) is 6.08 Å². The number of rotatable bonds is 9. The Kier molecular flexibility index (Phi) is 9.14. The summed E-state index contributed by atoms with van der Waals surface area (Å²) in [4.78, 5) is 11.9. The second kappa shape index (κ2) is 11.6. The molecule has 1 aromatic rings. The molecule has 0 spiro atoms. The van der Waals surface area contributed by atoms with Crippen LogP contribution in [0, 0.1) is 5.92 Å². The smallest absolute Gasteiger partial charge is 0.341 e. The van der Waals surface area contributed by atoms with Gasteiger partial charge in [-0.25, -0.2) is 4.79 Å². The van der Waals surface area contributed by atoms with Gasteiger partial charge in [-0.2, -0.15) is 0 Å². The maximum Gasteiger partial charge on any atom is 0.341 e. The van der Waals surface area contributed by atoms with Crippen molar-refractivity contribution in [2.24, 2.45) is 5.92 Å². The third-order valence-corrected chi connectivity index (χ3v) is 5.08. The van der Waals surface area contributed by atoms with Gasteiger partial charge in [0, 0.05) is 5.92 Å². The number of benzene rings is 1. The number of esters is 1. The summed E-state index contributed by atoms with van der Waals surface area (Å²) < 4.78 is 28.2. The summed E-state index contributed by atoms with van der Waals surface area (Å²) in [6.45, 7) is 10.8. The fraction of sp³-hybridized carbons (Fsp3) is 0.423. The lowest BCUT2D eigenvalue weighted by Crippen LogP contribution is -2.51. The van der Waals surface area contributed by atoms with Crippen LogP contribution in [0.15, 0.2) is 59.4 Å². The molecule has 6 heteroatoms. The Balaban J connectivity index is 2.21. The Morgan fingerprint density at radius 3 is 2.56 bits per heavy atom. The lowest BCUT2D eigenvalue weighted by atomic mass is 10.0. The summed E-state index contributed by atoms with van der Waals surface area (Å²) in [5, 5.41) is 0. The predicted octanol–water partition coefficient (Wildman–Crippen LogP) is 5.46. The van der Waals surface area contributed by atoms with Crippen LogP contribution in [0.3, 0.4) is 0 Å². The molecule has 0 aromatic heterocycles. The summed E-state index contributed by atoms with van der Waals surface area (Å²) in [7, 11) is 2.83. The Hall–Kier alpha value is -2.99. The number of ether oxygens (including phenoxy) is 5. The maximum absolute atomic E-state index is 11.9. The summed E-state index contributed by atoms with van der Waals surface area (Å²) >= 11 is 0. The number of fused-ring (bicyclic) bond motifs is 1. The molecule has 174 valence electrons. The van der Waals surface area contributed by atoms with E-state index in [4.69, 9.17) is 23.7 Å². The number of allylic oxidation sites excluding steroid dienone is 3. The number of carbonyl (C=O) groups is 1. The van der Waals surface area contributed by atoms with Gasteiger partial charge in [-0.15, -0.1) is 0 Å². The second-order valence-corrected chi connectivity index (χ2v) is 8.12. The molecule has 0 bridgehead atoms. The summed E-state index contributed by atoms with van der Waals surface area (Å²) in [6.07, 6.45) is 8.99. The Morgan fingerprint density at radius 1 is 1.19 bits per heavy atom. The van der Waals surface area contributed by atoms with E-state index in [-0.39, 0.29) is 5.92 Å². The zero-order chi connectivity index (χ0) is 23.7. The van der Waals surface area contributed by atoms with Gasteiger partial charge >= 0.3 is 5.97 Å². The van der Waals surface area contributed by atoms with Crippen LogP contribution < -0.4 is 9.47 Å². The molecule has 6 nitrogen and oxygen atoms in total. The first-order chi connectivity index (χ1) is 15.2. The molecule has 0 radical (unpaired) electrons. The monoisotopic (exact) mass is 442 g/mol. The number of methoxy groups -OCH3 is 2. The predicted molar refractivity (Wildman–Crippen MR) is 125 cm³/mol. The molecule has 0 N–H and O–H groups in total. The summed E-state index contributed by atoms with van der Waals surface area (Å²) in [5.74, 6) is 0.117. The highest BCUT2D eigenvalue weighted by atomic mass is 16.7. The van der Waals surface area contributed by atoms with E-state index in [1.807, 2.05) is 63.3 Å². The van der Waals surface area contributed by atoms with Gasteiger partial charge in [0.2, 0.25) is 5.79 Å². The van der Waals surface area contributed by atoms with Gasteiger partial charge < -0.3 is 23.7 Å². The third-order valence-electron chi connectivity index (χ3n) is 5.08. The molecule has 0 amide bonds. The summed E-state index contributed by atoms with van der Waals surface area (Å²) in [5.41, 5.74) is 3.19. The molecule has 0 saturated carbocycles. The quantitative estimate of drug-likeness (QED) is 0.166. The molecular weight excluding hydrogens is 408 g/mol. The van der Waals surface area contributed by atoms with Crippen molar-refractivity contribution in [1.82, 2.24) is 0 Å². The molecule has 0 fully saturated rings. The van der Waals surface area contributed by atoms with Crippen LogP contribution in [0.4, 0.5) is 0 Å². The van der Waals surface area contributed by atoms with Crippen LogP contribution in [0.5, 0.6) is 11.5 Å². The van der Waals surface area contributed by atoms with Crippen molar-refractivity contribution in [3.63, 3.8) is 0 Å². The molecule has 1 aliphatic rings. The van der Waals surface area contributed by atoms with E-state index in [0.717, 1.165) is 11.1 Å². The molecule has 2 rings (SSSR count). The standard InChI is InChI=1S/C26H34O6/c1-18(2)13-14-31-26(19(3)4)17-30-23-12-11-21(15-24(23)32-26)10-8-9-20(5)22(16-28-6)25(27)29-7/h8-13,15-16,19H,14,17H2,1-7H3/t26-/m1/s1. The van der Waals surface area contributed by atoms with Crippen LogP contribution in [0.2, 0.25) is 0 Å². The molecule has 1 atom stereocenters. The topological polar surface area (TPSA) is 63.2 Å². The minimum atomic E-state index is -0.849. The highest BCUT2D eigenvalue weighted by Gasteiger charge is 2.42. The van der Waals surface area contributed by atoms with Crippen LogP contribution in [-0.2, 0) is 19.0 Å². The largest absolute Gasteiger partial charge is 0.503 e. The molecule has 1 aromatic carbocycles. The van der Waals surface area contributed by atoms with Crippen molar-refractivity contribution in [3.8, 4) is 11.5 Å². The minimum Gasteiger partial charge on any atom is -0.503 e. The van der Waals surface area contributed by atoms with E-state index in [0.29, 0.717) is 30.3 Å². The van der Waals surface area contributed by atoms with Gasteiger partial charge in [0.1, 0.15) is 0 Å². The van der Waals surface area contributed by atoms with Crippen molar-refractivity contribution in [3.05, 3.63) is 65.0 Å². The molecule has 1 heterocycles. The molecule has 0 saturated heterocycles. The molecule has 1 aliphatic heterocycles. The third kappa shape index (κ3) is 6.50. The fourth-order valence-corrected chi connectivity index (χ4v) is 3.02. The Morgan fingerprint density at radius 2 is 1.94 bits per heavy atom. The van der Waals surface area contributed by atoms with E-state index >= 15 is 0 Å². The van der Waals surface area contributed by atoms with Crippen LogP contribution in [0.1, 0.15) is 40.2 Å². The average Bonchev–Trinajstić information content (AvgIpc) is 2.76. The van der Waals surface area contributed by atoms with Crippen LogP contribution >= 0.6 is 0 Å². The Bertz CT molecular complexity index is 918. The molecular formula is C26H34O6. The SMILES string of the molecule is COC=C(C(=O)OC)C(C)=CC=Cc1ccc2c(c1)O[C@@](OCC=C(C)C)(C(C)C)CO2. The first-order valence-electron chi connectivity index (χ1n) is 10.6. The van der Waals surface area contributed by atoms with Gasteiger partial charge in [0.15, 0.2) is 18.1 Å². The van der Waals surface area contributed by atoms with Crippen molar-refractivity contribution in [2.45, 2.75) is 40.4 Å². The molecule has 0 unspecified atom stereocenters. The van der Waals surface area contributed by atoms with Crippen molar-refractivity contribution in [1.29, 1.82) is 0 Å². The van der Waals surface area contributed by atoms with E-state index in [9.17, 15) is 4.79 Å². The summed E-state index contributed by atoms with van der Waals surface area (Å²) in [6, 6.07) is 5.75. The van der Waals surface area contributed by atoms with Crippen molar-refractivity contribution < 1.29 is 28.5 Å². The first-order valence-corrected chi connectivity index (χ1v) is 10.6. The first kappa shape index (κ1) is 25.3. The zero-order valence-corrected chi connectivity index (χ0v) is 20.1. The van der Waals surface area contributed by atoms with Gasteiger partial charge in [0.05, 0.1) is 32.7 Å². The van der Waals surface area contributed by atoms with Crippen molar-refractivity contribution in [2.75, 3.05) is 27.4 Å². The van der Waals surface area contributed by atoms with Gasteiger partial charge in [-0.3, -0.25) is 0 Å². The van der Waals surface area contributed by atoms with Crippen molar-refractivity contribution >= 4 is 12.0 Å². The normalized spacial score (nSPS) is 18.6. The van der Waals surface area contributed by atoms with E-state index in [1.165, 1.54) is 26.1 Å². The lowest BCUT2D eigenvalue weighted by Gasteiger charge is -2.40. The van der Waals surface area contributed by atoms with Gasteiger partial charge in [0.25, 0.3) is 0 Å². The number of hydrogen-bond acceptors (Lipinski definition) is 6. The van der Waals surface area contributed by atoms with E-state index in [2.05, 4.69) is 13.8 Å². The molecule has 32 heavy (non-hydrogen) atoms. The maximum atomic E-state index is 11.9. The minimum absolute atomic E-state index is 0.0929. The Labute approximate surface area is 191 Å². The zero-order valence-electron chi connectivity index (χ0n) is 20.1. The van der Waals surface area contributed by atoms with Gasteiger partial charge in [-0.1, -0.05) is 49.8 Å². The highest BCUT2D eigenvalue weighted by molar-refractivity contribution is 5.93. The number of hydrogen-bond donors (Lipinski definition) is 0. The lowest BCUT2D eigenvalue weighted by molar-refractivity contribution is -0.231. The number of carbonyl (C=O) groups excluding carboxylic acids is 1. The van der Waals surface area contributed by atoms with Crippen LogP contribution in [-0.4, -0.2) is 39.2 Å². The van der Waals surface area contributed by atoms with E-state index < -0.39 is 11.8 Å².